The lowest BCUT2D eigenvalue weighted by molar-refractivity contribution is 0.478. The van der Waals surface area contributed by atoms with Crippen molar-refractivity contribution in [2.75, 3.05) is 26.4 Å². The normalized spacial score (nSPS) is 12.0. The lowest BCUT2D eigenvalue weighted by Gasteiger charge is -2.22. The minimum absolute atomic E-state index is 0.0230. The van der Waals surface area contributed by atoms with E-state index < -0.39 is 9.84 Å². The van der Waals surface area contributed by atoms with Crippen LogP contribution in [0.4, 0.5) is 0 Å². The third-order valence-corrected chi connectivity index (χ3v) is 5.32. The molecule has 0 fully saturated rings. The molecule has 0 radical (unpaired) electrons. The summed E-state index contributed by atoms with van der Waals surface area (Å²) in [5.41, 5.74) is 1.17. The van der Waals surface area contributed by atoms with Gasteiger partial charge in [0.25, 0.3) is 0 Å². The molecule has 2 aromatic rings. The van der Waals surface area contributed by atoms with Crippen LogP contribution in [0.25, 0.3) is 0 Å². The first-order chi connectivity index (χ1) is 11.5. The zero-order valence-electron chi connectivity index (χ0n) is 14.0. The van der Waals surface area contributed by atoms with Gasteiger partial charge in [0.1, 0.15) is 0 Å². The van der Waals surface area contributed by atoms with Gasteiger partial charge in [0.15, 0.2) is 15.8 Å². The Balaban J connectivity index is 1.90. The average Bonchev–Trinajstić information content (AvgIpc) is 2.60. The van der Waals surface area contributed by atoms with E-state index >= 15 is 0 Å². The topological polar surface area (TPSA) is 61.8 Å². The largest absolute Gasteiger partial charge is 0.355 e. The maximum Gasteiger partial charge on any atom is 0.193 e. The van der Waals surface area contributed by atoms with E-state index in [1.165, 1.54) is 5.56 Å². The van der Waals surface area contributed by atoms with E-state index in [2.05, 4.69) is 10.3 Å². The van der Waals surface area contributed by atoms with E-state index in [-0.39, 0.29) is 5.75 Å². The fourth-order valence-electron chi connectivity index (χ4n) is 2.36. The summed E-state index contributed by atoms with van der Waals surface area (Å²) in [5, 5.41) is 3.11. The molecule has 0 saturated heterocycles. The molecule has 0 aliphatic rings. The third kappa shape index (κ3) is 5.09. The van der Waals surface area contributed by atoms with Crippen molar-refractivity contribution in [1.29, 1.82) is 0 Å². The molecule has 2 rings (SSSR count). The molecule has 0 amide bonds. The van der Waals surface area contributed by atoms with Crippen molar-refractivity contribution in [3.63, 3.8) is 0 Å². The SMILES string of the molecule is CN=C(NCCS(=O)(=O)c1ccccc1)N(C)Cc1ccccc1. The Hall–Kier alpha value is -2.34. The number of aliphatic imine (C=N–C) groups is 1. The molecule has 1 N–H and O–H groups in total. The van der Waals surface area contributed by atoms with Gasteiger partial charge in [-0.1, -0.05) is 48.5 Å². The first-order valence-electron chi connectivity index (χ1n) is 7.76. The molecule has 0 aliphatic carbocycles. The van der Waals surface area contributed by atoms with E-state index in [4.69, 9.17) is 0 Å². The van der Waals surface area contributed by atoms with E-state index in [1.807, 2.05) is 42.3 Å². The standard InChI is InChI=1S/C18H23N3O2S/c1-19-18(21(2)15-16-9-5-3-6-10-16)20-13-14-24(22,23)17-11-7-4-8-12-17/h3-12H,13-15H2,1-2H3,(H,19,20). The van der Waals surface area contributed by atoms with Crippen molar-refractivity contribution < 1.29 is 8.42 Å². The molecule has 0 aromatic heterocycles. The highest BCUT2D eigenvalue weighted by Crippen LogP contribution is 2.09. The van der Waals surface area contributed by atoms with Crippen molar-refractivity contribution in [1.82, 2.24) is 10.2 Å². The number of benzene rings is 2. The molecule has 128 valence electrons. The van der Waals surface area contributed by atoms with Gasteiger partial charge in [-0.15, -0.1) is 0 Å². The second-order valence-electron chi connectivity index (χ2n) is 5.45. The number of hydrogen-bond donors (Lipinski definition) is 1. The van der Waals surface area contributed by atoms with Gasteiger partial charge in [-0.25, -0.2) is 8.42 Å². The van der Waals surface area contributed by atoms with Crippen molar-refractivity contribution in [2.24, 2.45) is 4.99 Å². The van der Waals surface area contributed by atoms with Gasteiger partial charge in [0, 0.05) is 27.2 Å². The summed E-state index contributed by atoms with van der Waals surface area (Å²) >= 11 is 0. The molecule has 2 aromatic carbocycles. The molecule has 0 aliphatic heterocycles. The summed E-state index contributed by atoms with van der Waals surface area (Å²) in [7, 11) is 0.330. The molecule has 6 heteroatoms. The summed E-state index contributed by atoms with van der Waals surface area (Å²) in [4.78, 5) is 6.52. The fraction of sp³-hybridized carbons (Fsp3) is 0.278. The maximum absolute atomic E-state index is 12.3. The molecule has 0 unspecified atom stereocenters. The second-order valence-corrected chi connectivity index (χ2v) is 7.56. The molecular weight excluding hydrogens is 322 g/mol. The van der Waals surface area contributed by atoms with Gasteiger partial charge in [-0.2, -0.15) is 0 Å². The van der Waals surface area contributed by atoms with Crippen molar-refractivity contribution in [3.05, 3.63) is 66.2 Å². The minimum atomic E-state index is -3.28. The van der Waals surface area contributed by atoms with Gasteiger partial charge >= 0.3 is 0 Å². The number of guanidine groups is 1. The molecule has 0 bridgehead atoms. The Kier molecular flexibility index (Phi) is 6.37. The van der Waals surface area contributed by atoms with Gasteiger partial charge in [-0.05, 0) is 17.7 Å². The minimum Gasteiger partial charge on any atom is -0.355 e. The fourth-order valence-corrected chi connectivity index (χ4v) is 3.54. The third-order valence-electron chi connectivity index (χ3n) is 3.59. The van der Waals surface area contributed by atoms with E-state index in [9.17, 15) is 8.42 Å². The van der Waals surface area contributed by atoms with Gasteiger partial charge in [0.2, 0.25) is 0 Å². The average molecular weight is 345 g/mol. The Bertz CT molecular complexity index is 759. The van der Waals surface area contributed by atoms with Gasteiger partial charge in [0.05, 0.1) is 10.6 Å². The maximum atomic E-state index is 12.3. The zero-order chi connectivity index (χ0) is 17.4. The summed E-state index contributed by atoms with van der Waals surface area (Å²) < 4.78 is 24.5. The Labute approximate surface area is 144 Å². The Morgan fingerprint density at radius 1 is 1.04 bits per heavy atom. The lowest BCUT2D eigenvalue weighted by atomic mass is 10.2. The molecule has 0 atom stereocenters. The van der Waals surface area contributed by atoms with Gasteiger partial charge < -0.3 is 10.2 Å². The zero-order valence-corrected chi connectivity index (χ0v) is 14.8. The van der Waals surface area contributed by atoms with Crippen LogP contribution in [0.2, 0.25) is 0 Å². The number of hydrogen-bond acceptors (Lipinski definition) is 3. The predicted octanol–water partition coefficient (Wildman–Crippen LogP) is 2.17. The van der Waals surface area contributed by atoms with Crippen molar-refractivity contribution in [3.8, 4) is 0 Å². The molecule has 0 heterocycles. The lowest BCUT2D eigenvalue weighted by Crippen LogP contribution is -2.40. The number of sulfone groups is 1. The second kappa shape index (κ2) is 8.49. The van der Waals surface area contributed by atoms with Crippen molar-refractivity contribution in [2.45, 2.75) is 11.4 Å². The van der Waals surface area contributed by atoms with Crippen LogP contribution in [0, 0.1) is 0 Å². The van der Waals surface area contributed by atoms with E-state index in [0.29, 0.717) is 23.9 Å². The highest BCUT2D eigenvalue weighted by atomic mass is 32.2. The van der Waals surface area contributed by atoms with Crippen LogP contribution in [0.5, 0.6) is 0 Å². The quantitative estimate of drug-likeness (QED) is 0.644. The van der Waals surface area contributed by atoms with Crippen LogP contribution in [-0.2, 0) is 16.4 Å². The van der Waals surface area contributed by atoms with E-state index in [0.717, 1.165) is 0 Å². The summed E-state index contributed by atoms with van der Waals surface area (Å²) in [6, 6.07) is 18.5. The Morgan fingerprint density at radius 3 is 2.21 bits per heavy atom. The van der Waals surface area contributed by atoms with Crippen LogP contribution in [0.1, 0.15) is 5.56 Å². The number of nitrogens with zero attached hydrogens (tertiary/aromatic N) is 2. The first-order valence-corrected chi connectivity index (χ1v) is 9.41. The highest BCUT2D eigenvalue weighted by molar-refractivity contribution is 7.91. The molecule has 0 saturated carbocycles. The van der Waals surface area contributed by atoms with Crippen LogP contribution in [-0.4, -0.2) is 45.7 Å². The number of nitrogens with one attached hydrogen (secondary N) is 1. The van der Waals surface area contributed by atoms with E-state index in [1.54, 1.807) is 37.4 Å². The van der Waals surface area contributed by atoms with Crippen molar-refractivity contribution >= 4 is 15.8 Å². The summed E-state index contributed by atoms with van der Waals surface area (Å²) in [6.45, 7) is 1.01. The summed E-state index contributed by atoms with van der Waals surface area (Å²) in [5.74, 6) is 0.692. The molecule has 24 heavy (non-hydrogen) atoms. The highest BCUT2D eigenvalue weighted by Gasteiger charge is 2.14. The monoisotopic (exact) mass is 345 g/mol. The smallest absolute Gasteiger partial charge is 0.193 e. The summed E-state index contributed by atoms with van der Waals surface area (Å²) in [6.07, 6.45) is 0. The Morgan fingerprint density at radius 2 is 1.62 bits per heavy atom. The van der Waals surface area contributed by atoms with Crippen LogP contribution in [0.15, 0.2) is 70.6 Å². The molecular formula is C18H23N3O2S. The van der Waals surface area contributed by atoms with Crippen LogP contribution < -0.4 is 5.32 Å². The molecule has 5 nitrogen and oxygen atoms in total. The molecule has 0 spiro atoms. The first kappa shape index (κ1) is 18.0. The number of rotatable bonds is 6. The van der Waals surface area contributed by atoms with Gasteiger partial charge in [-0.3, -0.25) is 4.99 Å². The van der Waals surface area contributed by atoms with Crippen LogP contribution in [0.3, 0.4) is 0 Å². The predicted molar refractivity (Wildman–Crippen MR) is 97.8 cm³/mol. The van der Waals surface area contributed by atoms with Crippen LogP contribution >= 0.6 is 0 Å².